The van der Waals surface area contributed by atoms with Crippen LogP contribution in [0.2, 0.25) is 5.02 Å². The minimum atomic E-state index is -0.771. The number of anilines is 1. The van der Waals surface area contributed by atoms with E-state index in [0.29, 0.717) is 11.4 Å². The maximum atomic E-state index is 13.0. The molecular formula is C26H29ClN2O5. The van der Waals surface area contributed by atoms with E-state index in [9.17, 15) is 14.7 Å². The summed E-state index contributed by atoms with van der Waals surface area (Å²) in [5.74, 6) is -0.866. The van der Waals surface area contributed by atoms with Crippen LogP contribution in [0.4, 0.5) is 5.88 Å². The maximum absolute atomic E-state index is 13.0. The molecule has 0 aliphatic carbocycles. The highest BCUT2D eigenvalue weighted by Gasteiger charge is 2.28. The lowest BCUT2D eigenvalue weighted by atomic mass is 10.00. The third-order valence-electron chi connectivity index (χ3n) is 4.91. The highest BCUT2D eigenvalue weighted by atomic mass is 35.5. The summed E-state index contributed by atoms with van der Waals surface area (Å²) in [6.45, 7) is 7.00. The molecule has 0 aliphatic rings. The first kappa shape index (κ1) is 25.3. The summed E-state index contributed by atoms with van der Waals surface area (Å²) in [5.41, 5.74) is 2.22. The normalized spacial score (nSPS) is 13.2. The van der Waals surface area contributed by atoms with Crippen LogP contribution in [0.25, 0.3) is 11.1 Å². The molecule has 1 amide bonds. The summed E-state index contributed by atoms with van der Waals surface area (Å²) in [6.07, 6.45) is 1.43. The topological polar surface area (TPSA) is 101 Å². The van der Waals surface area contributed by atoms with Crippen LogP contribution in [-0.2, 0) is 20.7 Å². The quantitative estimate of drug-likeness (QED) is 0.381. The Morgan fingerprint density at radius 3 is 2.38 bits per heavy atom. The van der Waals surface area contributed by atoms with E-state index in [-0.39, 0.29) is 11.6 Å². The second-order valence-corrected chi connectivity index (χ2v) is 9.48. The van der Waals surface area contributed by atoms with Crippen LogP contribution >= 0.6 is 11.6 Å². The molecule has 7 nitrogen and oxygen atoms in total. The number of carbonyl (C=O) groups excluding carboxylic acids is 2. The number of rotatable bonds is 8. The van der Waals surface area contributed by atoms with E-state index in [4.69, 9.17) is 20.8 Å². The third kappa shape index (κ3) is 7.37. The lowest BCUT2D eigenvalue weighted by molar-refractivity contribution is -0.157. The predicted molar refractivity (Wildman–Crippen MR) is 132 cm³/mol. The average molecular weight is 485 g/mol. The van der Waals surface area contributed by atoms with Crippen LogP contribution in [-0.4, -0.2) is 34.7 Å². The van der Waals surface area contributed by atoms with Crippen molar-refractivity contribution >= 4 is 29.4 Å². The Bertz CT molecular complexity index is 1130. The van der Waals surface area contributed by atoms with Crippen LogP contribution in [0.1, 0.15) is 33.3 Å². The summed E-state index contributed by atoms with van der Waals surface area (Å²) in [6, 6.07) is 15.1. The zero-order valence-corrected chi connectivity index (χ0v) is 20.3. The molecule has 2 aromatic carbocycles. The zero-order valence-electron chi connectivity index (χ0n) is 19.6. The van der Waals surface area contributed by atoms with Crippen molar-refractivity contribution in [1.82, 2.24) is 5.32 Å². The Labute approximate surface area is 204 Å². The van der Waals surface area contributed by atoms with Crippen molar-refractivity contribution in [3.63, 3.8) is 0 Å². The number of halogens is 1. The fraction of sp³-hybridized carbons (Fsp3) is 0.308. The van der Waals surface area contributed by atoms with E-state index in [1.54, 1.807) is 27.7 Å². The molecule has 3 aromatic rings. The van der Waals surface area contributed by atoms with Gasteiger partial charge in [-0.3, -0.25) is 20.2 Å². The number of hydrogen-bond acceptors (Lipinski definition) is 6. The largest absolute Gasteiger partial charge is 0.505 e. The minimum absolute atomic E-state index is 0.0986. The Kier molecular flexibility index (Phi) is 8.02. The van der Waals surface area contributed by atoms with E-state index >= 15 is 0 Å². The van der Waals surface area contributed by atoms with Crippen LogP contribution in [0, 0.1) is 0 Å². The second-order valence-electron chi connectivity index (χ2n) is 9.04. The van der Waals surface area contributed by atoms with Gasteiger partial charge in [-0.05, 0) is 62.9 Å². The molecule has 0 saturated heterocycles. The average Bonchev–Trinajstić information content (AvgIpc) is 3.17. The van der Waals surface area contributed by atoms with Gasteiger partial charge < -0.3 is 14.3 Å². The van der Waals surface area contributed by atoms with Crippen LogP contribution < -0.4 is 10.6 Å². The lowest BCUT2D eigenvalue weighted by Crippen LogP contribution is -2.50. The van der Waals surface area contributed by atoms with E-state index in [0.717, 1.165) is 23.0 Å². The minimum Gasteiger partial charge on any atom is -0.505 e. The van der Waals surface area contributed by atoms with E-state index in [2.05, 4.69) is 10.6 Å². The van der Waals surface area contributed by atoms with Gasteiger partial charge in [-0.1, -0.05) is 48.0 Å². The predicted octanol–water partition coefficient (Wildman–Crippen LogP) is 5.18. The van der Waals surface area contributed by atoms with E-state index in [1.807, 2.05) is 48.5 Å². The van der Waals surface area contributed by atoms with Crippen molar-refractivity contribution in [3.05, 3.63) is 71.4 Å². The highest BCUT2D eigenvalue weighted by molar-refractivity contribution is 6.30. The molecule has 34 heavy (non-hydrogen) atoms. The van der Waals surface area contributed by atoms with Gasteiger partial charge in [0.25, 0.3) is 0 Å². The SMILES string of the molecule is C[C@H](N[C@@H](Cc1ccc(-c2cccc(Cl)c2)cc1)C(=O)Nc1cc(O)co1)C(=O)OC(C)(C)C. The molecule has 3 rings (SSSR count). The summed E-state index contributed by atoms with van der Waals surface area (Å²) in [5, 5.41) is 15.8. The first-order valence-electron chi connectivity index (χ1n) is 10.9. The van der Waals surface area contributed by atoms with Crippen molar-refractivity contribution < 1.29 is 23.8 Å². The standard InChI is InChI=1S/C26H29ClN2O5/c1-16(25(32)34-26(2,3)4)28-22(24(31)29-23-14-21(30)15-33-23)12-17-8-10-18(11-9-17)19-6-5-7-20(27)13-19/h5-11,13-16,22,28,30H,12H2,1-4H3,(H,29,31)/t16-,22-/m0/s1. The van der Waals surface area contributed by atoms with Gasteiger partial charge >= 0.3 is 5.97 Å². The number of furan rings is 1. The number of nitrogens with one attached hydrogen (secondary N) is 2. The molecule has 0 spiro atoms. The van der Waals surface area contributed by atoms with Gasteiger partial charge in [-0.25, -0.2) is 0 Å². The Morgan fingerprint density at radius 2 is 1.79 bits per heavy atom. The molecule has 8 heteroatoms. The Balaban J connectivity index is 1.76. The summed E-state index contributed by atoms with van der Waals surface area (Å²) < 4.78 is 10.5. The molecule has 0 fully saturated rings. The fourth-order valence-corrected chi connectivity index (χ4v) is 3.51. The number of esters is 1. The van der Waals surface area contributed by atoms with Gasteiger partial charge in [0.05, 0.1) is 6.04 Å². The van der Waals surface area contributed by atoms with Gasteiger partial charge in [0.15, 0.2) is 5.75 Å². The Morgan fingerprint density at radius 1 is 1.09 bits per heavy atom. The summed E-state index contributed by atoms with van der Waals surface area (Å²) in [7, 11) is 0. The molecule has 0 aliphatic heterocycles. The number of ether oxygens (including phenoxy) is 1. The van der Waals surface area contributed by atoms with Crippen LogP contribution in [0.5, 0.6) is 5.75 Å². The first-order chi connectivity index (χ1) is 16.0. The number of carbonyl (C=O) groups is 2. The first-order valence-corrected chi connectivity index (χ1v) is 11.3. The monoisotopic (exact) mass is 484 g/mol. The van der Waals surface area contributed by atoms with E-state index < -0.39 is 29.6 Å². The molecule has 3 N–H and O–H groups in total. The van der Waals surface area contributed by atoms with E-state index in [1.165, 1.54) is 6.07 Å². The molecular weight excluding hydrogens is 456 g/mol. The van der Waals surface area contributed by atoms with Gasteiger partial charge in [0.1, 0.15) is 17.9 Å². The highest BCUT2D eigenvalue weighted by Crippen LogP contribution is 2.24. The third-order valence-corrected chi connectivity index (χ3v) is 5.15. The molecule has 0 radical (unpaired) electrons. The Hall–Kier alpha value is -3.29. The molecule has 0 saturated carbocycles. The number of aromatic hydroxyl groups is 1. The molecule has 2 atom stereocenters. The van der Waals surface area contributed by atoms with Crippen molar-refractivity contribution in [1.29, 1.82) is 0 Å². The molecule has 1 heterocycles. The van der Waals surface area contributed by atoms with Crippen LogP contribution in [0.3, 0.4) is 0 Å². The molecule has 0 unspecified atom stereocenters. The van der Waals surface area contributed by atoms with Gasteiger partial charge in [0.2, 0.25) is 11.8 Å². The van der Waals surface area contributed by atoms with Crippen molar-refractivity contribution in [3.8, 4) is 16.9 Å². The van der Waals surface area contributed by atoms with Crippen molar-refractivity contribution in [2.45, 2.75) is 51.8 Å². The number of amides is 1. The fourth-order valence-electron chi connectivity index (χ4n) is 3.32. The van der Waals surface area contributed by atoms with Crippen LogP contribution in [0.15, 0.2) is 65.3 Å². The lowest BCUT2D eigenvalue weighted by Gasteiger charge is -2.25. The van der Waals surface area contributed by atoms with Crippen molar-refractivity contribution in [2.24, 2.45) is 0 Å². The molecule has 1 aromatic heterocycles. The summed E-state index contributed by atoms with van der Waals surface area (Å²) >= 11 is 6.10. The zero-order chi connectivity index (χ0) is 24.9. The maximum Gasteiger partial charge on any atom is 0.323 e. The van der Waals surface area contributed by atoms with Crippen molar-refractivity contribution in [2.75, 3.05) is 5.32 Å². The molecule has 0 bridgehead atoms. The number of hydrogen-bond donors (Lipinski definition) is 3. The van der Waals surface area contributed by atoms with Gasteiger partial charge in [-0.15, -0.1) is 0 Å². The smallest absolute Gasteiger partial charge is 0.323 e. The molecule has 180 valence electrons. The summed E-state index contributed by atoms with van der Waals surface area (Å²) in [4.78, 5) is 25.5. The number of benzene rings is 2. The van der Waals surface area contributed by atoms with Gasteiger partial charge in [0, 0.05) is 11.1 Å². The van der Waals surface area contributed by atoms with Gasteiger partial charge in [-0.2, -0.15) is 0 Å². The second kappa shape index (κ2) is 10.8.